The molecule has 1 nitrogen and oxygen atoms in total. The summed E-state index contributed by atoms with van der Waals surface area (Å²) in [4.78, 5) is 0. The van der Waals surface area contributed by atoms with Gasteiger partial charge >= 0.3 is 0 Å². The third kappa shape index (κ3) is 1.33. The van der Waals surface area contributed by atoms with Crippen LogP contribution in [0.15, 0.2) is 28.9 Å². The molecule has 0 bridgehead atoms. The summed E-state index contributed by atoms with van der Waals surface area (Å²) in [7, 11) is 0. The molecular weight excluding hydrogens is 172 g/mol. The predicted octanol–water partition coefficient (Wildman–Crippen LogP) is 4.04. The second-order valence-corrected chi connectivity index (χ2v) is 4.85. The van der Waals surface area contributed by atoms with E-state index in [9.17, 15) is 0 Å². The number of para-hydroxylation sites is 1. The van der Waals surface area contributed by atoms with E-state index in [0.717, 1.165) is 5.58 Å². The Hall–Kier alpha value is -1.24. The second-order valence-electron chi connectivity index (χ2n) is 4.85. The molecule has 0 radical (unpaired) electrons. The number of fused-ring (bicyclic) bond motifs is 1. The van der Waals surface area contributed by atoms with Crippen molar-refractivity contribution in [2.24, 2.45) is 0 Å². The Kier molecular flexibility index (Phi) is 1.91. The first kappa shape index (κ1) is 9.32. The molecule has 0 fully saturated rings. The molecule has 1 heterocycles. The third-order valence-electron chi connectivity index (χ3n) is 2.60. The molecule has 0 spiro atoms. The zero-order valence-corrected chi connectivity index (χ0v) is 9.22. The van der Waals surface area contributed by atoms with E-state index >= 15 is 0 Å². The van der Waals surface area contributed by atoms with Gasteiger partial charge in [-0.25, -0.2) is 0 Å². The van der Waals surface area contributed by atoms with Gasteiger partial charge in [-0.15, -0.1) is 0 Å². The first-order valence-corrected chi connectivity index (χ1v) is 4.97. The van der Waals surface area contributed by atoms with Crippen LogP contribution in [-0.4, -0.2) is 0 Å². The van der Waals surface area contributed by atoms with Gasteiger partial charge in [0.2, 0.25) is 0 Å². The van der Waals surface area contributed by atoms with Crippen LogP contribution >= 0.6 is 0 Å². The first-order chi connectivity index (χ1) is 6.50. The van der Waals surface area contributed by atoms with Crippen LogP contribution in [0, 0.1) is 6.92 Å². The SMILES string of the molecule is Cc1coc2c(C(C)(C)C)cccc12. The van der Waals surface area contributed by atoms with E-state index in [1.165, 1.54) is 16.5 Å². The molecule has 2 rings (SSSR count). The van der Waals surface area contributed by atoms with Gasteiger partial charge < -0.3 is 4.42 Å². The average Bonchev–Trinajstić information content (AvgIpc) is 2.46. The van der Waals surface area contributed by atoms with Crippen molar-refractivity contribution in [3.05, 3.63) is 35.6 Å². The smallest absolute Gasteiger partial charge is 0.137 e. The monoisotopic (exact) mass is 188 g/mol. The fourth-order valence-corrected chi connectivity index (χ4v) is 1.78. The Labute approximate surface area is 84.7 Å². The Morgan fingerprint density at radius 2 is 1.86 bits per heavy atom. The lowest BCUT2D eigenvalue weighted by Crippen LogP contribution is -2.10. The van der Waals surface area contributed by atoms with E-state index in [4.69, 9.17) is 4.42 Å². The van der Waals surface area contributed by atoms with Crippen LogP contribution in [0.2, 0.25) is 0 Å². The number of furan rings is 1. The molecule has 0 N–H and O–H groups in total. The van der Waals surface area contributed by atoms with Gasteiger partial charge in [-0.3, -0.25) is 0 Å². The van der Waals surface area contributed by atoms with Crippen LogP contribution < -0.4 is 0 Å². The quantitative estimate of drug-likeness (QED) is 0.608. The lowest BCUT2D eigenvalue weighted by Gasteiger charge is -2.18. The van der Waals surface area contributed by atoms with Gasteiger partial charge in [-0.1, -0.05) is 39.0 Å². The van der Waals surface area contributed by atoms with E-state index in [0.29, 0.717) is 0 Å². The van der Waals surface area contributed by atoms with Gasteiger partial charge in [0.15, 0.2) is 0 Å². The highest BCUT2D eigenvalue weighted by molar-refractivity contribution is 5.84. The topological polar surface area (TPSA) is 13.1 Å². The number of aryl methyl sites for hydroxylation is 1. The molecule has 0 atom stereocenters. The zero-order chi connectivity index (χ0) is 10.3. The first-order valence-electron chi connectivity index (χ1n) is 4.97. The molecule has 2 aromatic rings. The Bertz CT molecular complexity index is 458. The summed E-state index contributed by atoms with van der Waals surface area (Å²) in [6.45, 7) is 8.71. The van der Waals surface area contributed by atoms with Crippen molar-refractivity contribution in [3.63, 3.8) is 0 Å². The lowest BCUT2D eigenvalue weighted by molar-refractivity contribution is 0.558. The highest BCUT2D eigenvalue weighted by atomic mass is 16.3. The van der Waals surface area contributed by atoms with Crippen molar-refractivity contribution in [3.8, 4) is 0 Å². The molecule has 74 valence electrons. The van der Waals surface area contributed by atoms with Crippen molar-refractivity contribution >= 4 is 11.0 Å². The minimum absolute atomic E-state index is 0.143. The maximum Gasteiger partial charge on any atom is 0.137 e. The molecule has 14 heavy (non-hydrogen) atoms. The Balaban J connectivity index is 2.79. The maximum absolute atomic E-state index is 5.61. The summed E-state index contributed by atoms with van der Waals surface area (Å²) in [5.41, 5.74) is 3.68. The van der Waals surface area contributed by atoms with Crippen LogP contribution in [0.5, 0.6) is 0 Å². The van der Waals surface area contributed by atoms with Gasteiger partial charge in [0.1, 0.15) is 5.58 Å². The van der Waals surface area contributed by atoms with Crippen molar-refractivity contribution in [2.45, 2.75) is 33.1 Å². The summed E-state index contributed by atoms with van der Waals surface area (Å²) < 4.78 is 5.61. The van der Waals surface area contributed by atoms with E-state index in [-0.39, 0.29) is 5.41 Å². The number of hydrogen-bond donors (Lipinski definition) is 0. The number of benzene rings is 1. The molecule has 0 amide bonds. The van der Waals surface area contributed by atoms with Gasteiger partial charge in [0.25, 0.3) is 0 Å². The maximum atomic E-state index is 5.61. The van der Waals surface area contributed by atoms with Crippen molar-refractivity contribution < 1.29 is 4.42 Å². The second kappa shape index (κ2) is 2.88. The summed E-state index contributed by atoms with van der Waals surface area (Å²) >= 11 is 0. The molecule has 1 heteroatoms. The van der Waals surface area contributed by atoms with Gasteiger partial charge in [0.05, 0.1) is 6.26 Å². The lowest BCUT2D eigenvalue weighted by atomic mass is 9.86. The van der Waals surface area contributed by atoms with Crippen molar-refractivity contribution in [1.82, 2.24) is 0 Å². The predicted molar refractivity (Wildman–Crippen MR) is 59.7 cm³/mol. The largest absolute Gasteiger partial charge is 0.464 e. The molecule has 0 aliphatic heterocycles. The van der Waals surface area contributed by atoms with E-state index in [1.807, 2.05) is 6.26 Å². The van der Waals surface area contributed by atoms with E-state index in [2.05, 4.69) is 45.9 Å². The highest BCUT2D eigenvalue weighted by Crippen LogP contribution is 2.31. The van der Waals surface area contributed by atoms with Crippen molar-refractivity contribution in [1.29, 1.82) is 0 Å². The van der Waals surface area contributed by atoms with Crippen LogP contribution in [0.3, 0.4) is 0 Å². The molecule has 0 unspecified atom stereocenters. The Morgan fingerprint density at radius 3 is 2.50 bits per heavy atom. The Morgan fingerprint density at radius 1 is 1.14 bits per heavy atom. The molecule has 1 aromatic carbocycles. The van der Waals surface area contributed by atoms with Gasteiger partial charge in [0, 0.05) is 10.9 Å². The standard InChI is InChI=1S/C13H16O/c1-9-8-14-12-10(9)6-5-7-11(12)13(2,3)4/h5-8H,1-4H3. The minimum Gasteiger partial charge on any atom is -0.464 e. The number of rotatable bonds is 0. The van der Waals surface area contributed by atoms with Crippen LogP contribution in [0.1, 0.15) is 31.9 Å². The summed E-state index contributed by atoms with van der Waals surface area (Å²) in [6, 6.07) is 6.36. The molecular formula is C13H16O. The number of hydrogen-bond acceptors (Lipinski definition) is 1. The van der Waals surface area contributed by atoms with Crippen LogP contribution in [0.4, 0.5) is 0 Å². The van der Waals surface area contributed by atoms with Crippen molar-refractivity contribution in [2.75, 3.05) is 0 Å². The summed E-state index contributed by atoms with van der Waals surface area (Å²) in [6.07, 6.45) is 1.83. The summed E-state index contributed by atoms with van der Waals surface area (Å²) in [5, 5.41) is 1.23. The fraction of sp³-hybridized carbons (Fsp3) is 0.385. The minimum atomic E-state index is 0.143. The normalized spacial score (nSPS) is 12.3. The van der Waals surface area contributed by atoms with Gasteiger partial charge in [-0.05, 0) is 17.9 Å². The van der Waals surface area contributed by atoms with Crippen LogP contribution in [-0.2, 0) is 5.41 Å². The van der Waals surface area contributed by atoms with E-state index in [1.54, 1.807) is 0 Å². The molecule has 1 aromatic heterocycles. The molecule has 0 saturated carbocycles. The zero-order valence-electron chi connectivity index (χ0n) is 9.22. The molecule has 0 aliphatic rings. The van der Waals surface area contributed by atoms with Gasteiger partial charge in [-0.2, -0.15) is 0 Å². The molecule has 0 saturated heterocycles. The fourth-order valence-electron chi connectivity index (χ4n) is 1.78. The average molecular weight is 188 g/mol. The highest BCUT2D eigenvalue weighted by Gasteiger charge is 2.18. The molecule has 0 aliphatic carbocycles. The van der Waals surface area contributed by atoms with E-state index < -0.39 is 0 Å². The summed E-state index contributed by atoms with van der Waals surface area (Å²) in [5.74, 6) is 0. The van der Waals surface area contributed by atoms with Crippen LogP contribution in [0.25, 0.3) is 11.0 Å². The third-order valence-corrected chi connectivity index (χ3v) is 2.60.